The Kier molecular flexibility index (Phi) is 2.50. The Morgan fingerprint density at radius 1 is 1.60 bits per heavy atom. The fourth-order valence-electron chi connectivity index (χ4n) is 1.26. The van der Waals surface area contributed by atoms with Gasteiger partial charge in [-0.25, -0.2) is 4.79 Å². The van der Waals surface area contributed by atoms with Crippen LogP contribution in [0.1, 0.15) is 10.4 Å². The van der Waals surface area contributed by atoms with E-state index in [0.717, 1.165) is 0 Å². The Labute approximate surface area is 93.4 Å². The summed E-state index contributed by atoms with van der Waals surface area (Å²) < 4.78 is 5.16. The van der Waals surface area contributed by atoms with Crippen LogP contribution in [-0.4, -0.2) is 18.1 Å². The standard InChI is InChI=1S/C9H6ClNO3S/c1-14-9(13)5-6(10)7-4(2-3-15-7)11-8(5)12/h2-3H,1H3,(H,11,12). The summed E-state index contributed by atoms with van der Waals surface area (Å²) in [6.45, 7) is 0. The van der Waals surface area contributed by atoms with Crippen LogP contribution in [0.3, 0.4) is 0 Å². The molecule has 0 aliphatic carbocycles. The lowest BCUT2D eigenvalue weighted by Gasteiger charge is -2.01. The SMILES string of the molecule is COC(=O)c1c(Cl)c2sccc2[nH]c1=O. The first-order valence-electron chi connectivity index (χ1n) is 4.02. The Bertz CT molecular complexity index is 587. The van der Waals surface area contributed by atoms with Crippen LogP contribution in [-0.2, 0) is 4.74 Å². The van der Waals surface area contributed by atoms with Crippen molar-refractivity contribution in [2.75, 3.05) is 7.11 Å². The normalized spacial score (nSPS) is 10.5. The van der Waals surface area contributed by atoms with Gasteiger partial charge in [0.2, 0.25) is 0 Å². The Morgan fingerprint density at radius 2 is 2.33 bits per heavy atom. The predicted molar refractivity (Wildman–Crippen MR) is 58.8 cm³/mol. The minimum absolute atomic E-state index is 0.144. The lowest BCUT2D eigenvalue weighted by molar-refractivity contribution is 0.0599. The summed E-state index contributed by atoms with van der Waals surface area (Å²) >= 11 is 7.31. The molecule has 0 unspecified atom stereocenters. The first kappa shape index (κ1) is 10.2. The van der Waals surface area contributed by atoms with E-state index < -0.39 is 11.5 Å². The first-order chi connectivity index (χ1) is 7.15. The number of aromatic amines is 1. The molecule has 1 N–H and O–H groups in total. The van der Waals surface area contributed by atoms with E-state index in [4.69, 9.17) is 11.6 Å². The van der Waals surface area contributed by atoms with Crippen LogP contribution in [0.2, 0.25) is 5.02 Å². The maximum Gasteiger partial charge on any atom is 0.345 e. The highest BCUT2D eigenvalue weighted by molar-refractivity contribution is 7.17. The smallest absolute Gasteiger partial charge is 0.345 e. The quantitative estimate of drug-likeness (QED) is 0.780. The summed E-state index contributed by atoms with van der Waals surface area (Å²) in [6, 6.07) is 1.73. The van der Waals surface area contributed by atoms with Crippen LogP contribution in [0.15, 0.2) is 16.2 Å². The fraction of sp³-hybridized carbons (Fsp3) is 0.111. The highest BCUT2D eigenvalue weighted by Crippen LogP contribution is 2.28. The predicted octanol–water partition coefficient (Wildman–Crippen LogP) is 2.03. The third kappa shape index (κ3) is 1.53. The lowest BCUT2D eigenvalue weighted by Crippen LogP contribution is -2.19. The van der Waals surface area contributed by atoms with E-state index in [2.05, 4.69) is 9.72 Å². The highest BCUT2D eigenvalue weighted by Gasteiger charge is 2.19. The molecule has 0 atom stereocenters. The fourth-order valence-corrected chi connectivity index (χ4v) is 2.45. The van der Waals surface area contributed by atoms with Crippen LogP contribution in [0.25, 0.3) is 10.2 Å². The summed E-state index contributed by atoms with van der Waals surface area (Å²) in [4.78, 5) is 25.4. The minimum atomic E-state index is -0.725. The van der Waals surface area contributed by atoms with E-state index in [0.29, 0.717) is 10.2 Å². The van der Waals surface area contributed by atoms with Gasteiger partial charge in [0.05, 0.1) is 22.3 Å². The molecule has 0 fully saturated rings. The lowest BCUT2D eigenvalue weighted by atomic mass is 10.2. The number of rotatable bonds is 1. The zero-order valence-electron chi connectivity index (χ0n) is 7.67. The topological polar surface area (TPSA) is 59.2 Å². The Hall–Kier alpha value is -1.33. The third-order valence-electron chi connectivity index (χ3n) is 1.95. The summed E-state index contributed by atoms with van der Waals surface area (Å²) in [5, 5.41) is 1.93. The molecule has 0 aliphatic heterocycles. The molecule has 0 aliphatic rings. The van der Waals surface area contributed by atoms with Gasteiger partial charge in [0.1, 0.15) is 5.56 Å². The van der Waals surface area contributed by atoms with Crippen molar-refractivity contribution in [3.63, 3.8) is 0 Å². The number of aromatic nitrogens is 1. The van der Waals surface area contributed by atoms with Crippen LogP contribution < -0.4 is 5.56 Å². The van der Waals surface area contributed by atoms with Gasteiger partial charge in [-0.2, -0.15) is 0 Å². The molecule has 0 spiro atoms. The molecule has 0 aromatic carbocycles. The number of ether oxygens (including phenoxy) is 1. The van der Waals surface area contributed by atoms with Crippen molar-refractivity contribution in [2.45, 2.75) is 0 Å². The zero-order chi connectivity index (χ0) is 11.0. The van der Waals surface area contributed by atoms with Gasteiger partial charge >= 0.3 is 5.97 Å². The average Bonchev–Trinajstić information content (AvgIpc) is 2.65. The number of hydrogen-bond donors (Lipinski definition) is 1. The van der Waals surface area contributed by atoms with Crippen LogP contribution in [0.5, 0.6) is 0 Å². The van der Waals surface area contributed by atoms with Crippen molar-refractivity contribution in [2.24, 2.45) is 0 Å². The second-order valence-corrected chi connectivity index (χ2v) is 4.09. The molecule has 2 aromatic heterocycles. The van der Waals surface area contributed by atoms with Gasteiger partial charge in [-0.15, -0.1) is 11.3 Å². The summed E-state index contributed by atoms with van der Waals surface area (Å²) in [5.41, 5.74) is -0.0467. The second kappa shape index (κ2) is 3.67. The second-order valence-electron chi connectivity index (χ2n) is 2.80. The molecular formula is C9H6ClNO3S. The van der Waals surface area contributed by atoms with E-state index in [1.807, 2.05) is 0 Å². The summed E-state index contributed by atoms with van der Waals surface area (Å²) in [7, 11) is 1.21. The van der Waals surface area contributed by atoms with Crippen molar-refractivity contribution >= 4 is 39.1 Å². The third-order valence-corrected chi connectivity index (χ3v) is 3.37. The highest BCUT2D eigenvalue weighted by atomic mass is 35.5. The molecule has 2 aromatic rings. The first-order valence-corrected chi connectivity index (χ1v) is 5.28. The molecule has 78 valence electrons. The van der Waals surface area contributed by atoms with Crippen molar-refractivity contribution in [3.8, 4) is 0 Å². The zero-order valence-corrected chi connectivity index (χ0v) is 9.24. The molecule has 6 heteroatoms. The molecule has 0 saturated carbocycles. The summed E-state index contributed by atoms with van der Waals surface area (Å²) in [5.74, 6) is -0.725. The Morgan fingerprint density at radius 3 is 3.00 bits per heavy atom. The number of methoxy groups -OCH3 is 1. The molecule has 2 heterocycles. The van der Waals surface area contributed by atoms with Gasteiger partial charge in [-0.3, -0.25) is 4.79 Å². The van der Waals surface area contributed by atoms with Crippen LogP contribution >= 0.6 is 22.9 Å². The molecule has 0 bridgehead atoms. The number of carbonyl (C=O) groups excluding carboxylic acids is 1. The summed E-state index contributed by atoms with van der Waals surface area (Å²) in [6.07, 6.45) is 0. The van der Waals surface area contributed by atoms with Crippen molar-refractivity contribution < 1.29 is 9.53 Å². The molecule has 15 heavy (non-hydrogen) atoms. The molecule has 0 saturated heterocycles. The van der Waals surface area contributed by atoms with Gasteiger partial charge in [0, 0.05) is 0 Å². The monoisotopic (exact) mass is 243 g/mol. The van der Waals surface area contributed by atoms with Gasteiger partial charge in [-0.1, -0.05) is 11.6 Å². The number of pyridine rings is 1. The number of H-pyrrole nitrogens is 1. The van der Waals surface area contributed by atoms with Crippen molar-refractivity contribution in [1.82, 2.24) is 4.98 Å². The molecule has 0 amide bonds. The number of carbonyl (C=O) groups is 1. The van der Waals surface area contributed by atoms with Crippen LogP contribution in [0.4, 0.5) is 0 Å². The largest absolute Gasteiger partial charge is 0.465 e. The van der Waals surface area contributed by atoms with E-state index >= 15 is 0 Å². The Balaban J connectivity index is 2.84. The maximum atomic E-state index is 11.5. The van der Waals surface area contributed by atoms with E-state index in [1.165, 1.54) is 18.4 Å². The molecule has 0 radical (unpaired) electrons. The number of thiophene rings is 1. The van der Waals surface area contributed by atoms with Gasteiger partial charge < -0.3 is 9.72 Å². The maximum absolute atomic E-state index is 11.5. The van der Waals surface area contributed by atoms with E-state index in [9.17, 15) is 9.59 Å². The minimum Gasteiger partial charge on any atom is -0.465 e. The van der Waals surface area contributed by atoms with E-state index in [-0.39, 0.29) is 10.6 Å². The number of esters is 1. The van der Waals surface area contributed by atoms with Gasteiger partial charge in [0.25, 0.3) is 5.56 Å². The number of halogens is 1. The molecule has 4 nitrogen and oxygen atoms in total. The van der Waals surface area contributed by atoms with Gasteiger partial charge in [0.15, 0.2) is 0 Å². The van der Waals surface area contributed by atoms with Gasteiger partial charge in [-0.05, 0) is 11.4 Å². The van der Waals surface area contributed by atoms with Crippen molar-refractivity contribution in [1.29, 1.82) is 0 Å². The molecular weight excluding hydrogens is 238 g/mol. The molecule has 2 rings (SSSR count). The number of fused-ring (bicyclic) bond motifs is 1. The van der Waals surface area contributed by atoms with Crippen LogP contribution in [0, 0.1) is 0 Å². The number of nitrogens with one attached hydrogen (secondary N) is 1. The number of hydrogen-bond acceptors (Lipinski definition) is 4. The average molecular weight is 244 g/mol. The van der Waals surface area contributed by atoms with Crippen molar-refractivity contribution in [3.05, 3.63) is 32.4 Å². The van der Waals surface area contributed by atoms with E-state index in [1.54, 1.807) is 11.4 Å².